The van der Waals surface area contributed by atoms with Crippen molar-refractivity contribution in [3.63, 3.8) is 0 Å². The third-order valence-corrected chi connectivity index (χ3v) is 5.79. The summed E-state index contributed by atoms with van der Waals surface area (Å²) in [5.74, 6) is 0.461. The van der Waals surface area contributed by atoms with Gasteiger partial charge in [-0.25, -0.2) is 4.98 Å². The number of thiazole rings is 1. The molecule has 0 N–H and O–H groups in total. The van der Waals surface area contributed by atoms with Gasteiger partial charge in [-0.2, -0.15) is 8.42 Å². The largest absolute Gasteiger partial charge is 0.493 e. The van der Waals surface area contributed by atoms with E-state index in [1.165, 1.54) is 29.9 Å². The molecule has 0 amide bonds. The summed E-state index contributed by atoms with van der Waals surface area (Å²) in [6.45, 7) is 0. The van der Waals surface area contributed by atoms with Crippen molar-refractivity contribution in [3.05, 3.63) is 58.4 Å². The predicted octanol–water partition coefficient (Wildman–Crippen LogP) is 4.35. The minimum absolute atomic E-state index is 0.123. The molecule has 0 saturated carbocycles. The number of halogens is 1. The first-order chi connectivity index (χ1) is 11.5. The number of aromatic nitrogens is 1. The van der Waals surface area contributed by atoms with Crippen LogP contribution in [0.2, 0.25) is 0 Å². The Hall–Kier alpha value is -1.90. The van der Waals surface area contributed by atoms with Gasteiger partial charge in [-0.15, -0.1) is 11.3 Å². The van der Waals surface area contributed by atoms with E-state index in [9.17, 15) is 8.42 Å². The van der Waals surface area contributed by atoms with E-state index < -0.39 is 10.1 Å². The van der Waals surface area contributed by atoms with Gasteiger partial charge in [0.2, 0.25) is 5.03 Å². The van der Waals surface area contributed by atoms with Crippen LogP contribution in [0, 0.1) is 0 Å². The lowest BCUT2D eigenvalue weighted by molar-refractivity contribution is 0.390. The smallest absolute Gasteiger partial charge is 0.357 e. The highest BCUT2D eigenvalue weighted by Crippen LogP contribution is 2.31. The van der Waals surface area contributed by atoms with E-state index in [4.69, 9.17) is 8.92 Å². The summed E-state index contributed by atoms with van der Waals surface area (Å²) in [6, 6.07) is 14.0. The molecule has 0 saturated heterocycles. The first-order valence-corrected chi connectivity index (χ1v) is 9.86. The molecule has 3 aromatic rings. The molecule has 124 valence electrons. The van der Waals surface area contributed by atoms with Crippen molar-refractivity contribution in [2.45, 2.75) is 5.03 Å². The highest BCUT2D eigenvalue weighted by atomic mass is 79.9. The first-order valence-electron chi connectivity index (χ1n) is 6.78. The van der Waals surface area contributed by atoms with Crippen molar-refractivity contribution in [1.29, 1.82) is 0 Å². The van der Waals surface area contributed by atoms with Gasteiger partial charge < -0.3 is 8.92 Å². The Kier molecular flexibility index (Phi) is 4.88. The number of nitrogens with zero attached hydrogens (tertiary/aromatic N) is 1. The highest BCUT2D eigenvalue weighted by Gasteiger charge is 2.22. The molecule has 5 nitrogen and oxygen atoms in total. The van der Waals surface area contributed by atoms with Crippen molar-refractivity contribution in [1.82, 2.24) is 4.98 Å². The van der Waals surface area contributed by atoms with E-state index in [-0.39, 0.29) is 10.8 Å². The number of methoxy groups -OCH3 is 1. The number of hydrogen-bond donors (Lipinski definition) is 0. The predicted molar refractivity (Wildman–Crippen MR) is 96.1 cm³/mol. The molecule has 0 aliphatic carbocycles. The van der Waals surface area contributed by atoms with Crippen LogP contribution in [-0.4, -0.2) is 20.5 Å². The van der Waals surface area contributed by atoms with Crippen LogP contribution in [0.4, 0.5) is 0 Å². The molecule has 0 spiro atoms. The molecular weight excluding hydrogens is 414 g/mol. The Labute approximate surface area is 152 Å². The fourth-order valence-corrected chi connectivity index (χ4v) is 4.24. The fraction of sp³-hybridized carbons (Fsp3) is 0.0625. The average Bonchev–Trinajstić information content (AvgIpc) is 3.07. The molecule has 8 heteroatoms. The van der Waals surface area contributed by atoms with Gasteiger partial charge in [-0.3, -0.25) is 0 Å². The Balaban J connectivity index is 1.89. The molecule has 0 atom stereocenters. The summed E-state index contributed by atoms with van der Waals surface area (Å²) in [4.78, 5) is 4.18. The number of benzene rings is 2. The second kappa shape index (κ2) is 6.92. The van der Waals surface area contributed by atoms with Crippen molar-refractivity contribution in [2.75, 3.05) is 7.11 Å². The summed E-state index contributed by atoms with van der Waals surface area (Å²) in [5, 5.41) is 1.93. The number of ether oxygens (including phenoxy) is 1. The van der Waals surface area contributed by atoms with Crippen molar-refractivity contribution in [2.24, 2.45) is 0 Å². The van der Waals surface area contributed by atoms with Gasteiger partial charge >= 0.3 is 10.1 Å². The third kappa shape index (κ3) is 3.61. The lowest BCUT2D eigenvalue weighted by Crippen LogP contribution is -2.10. The van der Waals surface area contributed by atoms with Gasteiger partial charge in [0.05, 0.1) is 7.11 Å². The quantitative estimate of drug-likeness (QED) is 0.568. The minimum Gasteiger partial charge on any atom is -0.493 e. The van der Waals surface area contributed by atoms with Crippen LogP contribution in [0.25, 0.3) is 10.6 Å². The van der Waals surface area contributed by atoms with E-state index >= 15 is 0 Å². The third-order valence-electron chi connectivity index (χ3n) is 3.10. The SMILES string of the molecule is COc1ccccc1OS(=O)(=O)c1csc(-c2ccc(Br)cc2)n1. The molecule has 24 heavy (non-hydrogen) atoms. The van der Waals surface area contributed by atoms with Gasteiger partial charge in [-0.1, -0.05) is 40.2 Å². The van der Waals surface area contributed by atoms with Crippen LogP contribution < -0.4 is 8.92 Å². The Morgan fingerprint density at radius 2 is 1.71 bits per heavy atom. The summed E-state index contributed by atoms with van der Waals surface area (Å²) >= 11 is 4.60. The zero-order chi connectivity index (χ0) is 17.2. The first kappa shape index (κ1) is 16.9. The summed E-state index contributed by atoms with van der Waals surface area (Å²) in [7, 11) is -2.58. The number of para-hydroxylation sites is 2. The van der Waals surface area contributed by atoms with E-state index in [0.29, 0.717) is 10.8 Å². The minimum atomic E-state index is -4.03. The molecule has 0 radical (unpaired) electrons. The van der Waals surface area contributed by atoms with E-state index in [1.54, 1.807) is 18.2 Å². The van der Waals surface area contributed by atoms with Crippen LogP contribution in [0.5, 0.6) is 11.5 Å². The summed E-state index contributed by atoms with van der Waals surface area (Å²) in [5.41, 5.74) is 0.835. The monoisotopic (exact) mass is 425 g/mol. The van der Waals surface area contributed by atoms with Crippen molar-refractivity contribution >= 4 is 37.4 Å². The van der Waals surface area contributed by atoms with E-state index in [2.05, 4.69) is 20.9 Å². The average molecular weight is 426 g/mol. The second-order valence-corrected chi connectivity index (χ2v) is 7.95. The van der Waals surface area contributed by atoms with Crippen LogP contribution in [0.3, 0.4) is 0 Å². The second-order valence-electron chi connectivity index (χ2n) is 4.69. The molecule has 0 aliphatic heterocycles. The normalized spacial score (nSPS) is 11.2. The molecule has 0 unspecified atom stereocenters. The van der Waals surface area contributed by atoms with Crippen LogP contribution in [0.15, 0.2) is 63.4 Å². The maximum atomic E-state index is 12.4. The zero-order valence-corrected chi connectivity index (χ0v) is 15.7. The molecule has 2 aromatic carbocycles. The van der Waals surface area contributed by atoms with E-state index in [0.717, 1.165) is 10.0 Å². The number of rotatable bonds is 5. The molecule has 0 bridgehead atoms. The van der Waals surface area contributed by atoms with Crippen LogP contribution in [0.1, 0.15) is 0 Å². The van der Waals surface area contributed by atoms with Gasteiger partial charge in [-0.05, 0) is 24.3 Å². The maximum absolute atomic E-state index is 12.4. The molecule has 0 aliphatic rings. The van der Waals surface area contributed by atoms with Crippen molar-refractivity contribution < 1.29 is 17.3 Å². The van der Waals surface area contributed by atoms with Crippen molar-refractivity contribution in [3.8, 4) is 22.1 Å². The van der Waals surface area contributed by atoms with Crippen LogP contribution >= 0.6 is 27.3 Å². The maximum Gasteiger partial charge on any atom is 0.357 e. The zero-order valence-electron chi connectivity index (χ0n) is 12.5. The lowest BCUT2D eigenvalue weighted by atomic mass is 10.2. The molecular formula is C16H12BrNO4S2. The topological polar surface area (TPSA) is 65.5 Å². The molecule has 0 fully saturated rings. The standard InChI is InChI=1S/C16H12BrNO4S2/c1-21-13-4-2-3-5-14(13)22-24(19,20)15-10-23-16(18-15)11-6-8-12(17)9-7-11/h2-10H,1H3. The molecule has 1 heterocycles. The molecule has 3 rings (SSSR count). The van der Waals surface area contributed by atoms with Crippen LogP contribution in [-0.2, 0) is 10.1 Å². The fourth-order valence-electron chi connectivity index (χ4n) is 1.95. The van der Waals surface area contributed by atoms with Gasteiger partial charge in [0, 0.05) is 15.4 Å². The Morgan fingerprint density at radius 1 is 1.04 bits per heavy atom. The Bertz CT molecular complexity index is 952. The highest BCUT2D eigenvalue weighted by molar-refractivity contribution is 9.10. The number of hydrogen-bond acceptors (Lipinski definition) is 6. The molecule has 1 aromatic heterocycles. The van der Waals surface area contributed by atoms with E-state index in [1.807, 2.05) is 24.3 Å². The summed E-state index contributed by atoms with van der Waals surface area (Å²) < 4.78 is 36.1. The summed E-state index contributed by atoms with van der Waals surface area (Å²) in [6.07, 6.45) is 0. The Morgan fingerprint density at radius 3 is 2.38 bits per heavy atom. The van der Waals surface area contributed by atoms with Gasteiger partial charge in [0.15, 0.2) is 11.5 Å². The lowest BCUT2D eigenvalue weighted by Gasteiger charge is -2.08. The van der Waals surface area contributed by atoms with Gasteiger partial charge in [0.25, 0.3) is 0 Å². The van der Waals surface area contributed by atoms with Gasteiger partial charge in [0.1, 0.15) is 5.01 Å².